The molecule has 128 valence electrons. The lowest BCUT2D eigenvalue weighted by Gasteiger charge is -2.08. The van der Waals surface area contributed by atoms with Crippen LogP contribution in [-0.4, -0.2) is 38.3 Å². The van der Waals surface area contributed by atoms with Crippen LogP contribution in [0.5, 0.6) is 0 Å². The number of halogens is 1. The molecular weight excluding hydrogens is 315 g/mol. The number of amides is 1. The molecule has 1 atom stereocenters. The summed E-state index contributed by atoms with van der Waals surface area (Å²) in [4.78, 5) is 27.1. The van der Waals surface area contributed by atoms with Crippen LogP contribution in [-0.2, 0) is 4.79 Å². The van der Waals surface area contributed by atoms with Gasteiger partial charge in [-0.3, -0.25) is 9.59 Å². The molecule has 0 aliphatic rings. The molecule has 0 saturated carbocycles. The molecule has 0 fully saturated rings. The molecule has 1 amide bonds. The van der Waals surface area contributed by atoms with Gasteiger partial charge in [-0.1, -0.05) is 32.9 Å². The average molecular weight is 334 g/mol. The van der Waals surface area contributed by atoms with Crippen molar-refractivity contribution >= 4 is 11.9 Å². The minimum atomic E-state index is -1.01. The first-order valence-corrected chi connectivity index (χ1v) is 7.54. The normalized spacial score (nSPS) is 12.2. The molecule has 0 bridgehead atoms. The number of benzene rings is 1. The Balaban J connectivity index is 2.30. The second kappa shape index (κ2) is 7.20. The molecule has 8 heteroatoms. The van der Waals surface area contributed by atoms with E-state index < -0.39 is 23.6 Å². The van der Waals surface area contributed by atoms with Crippen LogP contribution in [0, 0.1) is 11.7 Å². The standard InChI is InChI=1S/C16H19FN4O3/c1-9(2)14-19-13(15(22)18-8-10(3)16(23)24)20-21(14)12-7-5-4-6-11(12)17/h4-7,9-10H,8H2,1-3H3,(H,18,22)(H,23,24). The summed E-state index contributed by atoms with van der Waals surface area (Å²) >= 11 is 0. The fourth-order valence-corrected chi connectivity index (χ4v) is 2.01. The molecule has 24 heavy (non-hydrogen) atoms. The summed E-state index contributed by atoms with van der Waals surface area (Å²) in [5.74, 6) is -2.58. The Labute approximate surface area is 138 Å². The largest absolute Gasteiger partial charge is 0.481 e. The van der Waals surface area contributed by atoms with Gasteiger partial charge in [0.15, 0.2) is 0 Å². The van der Waals surface area contributed by atoms with E-state index in [-0.39, 0.29) is 24.0 Å². The molecule has 0 radical (unpaired) electrons. The number of para-hydroxylation sites is 1. The summed E-state index contributed by atoms with van der Waals surface area (Å²) in [5.41, 5.74) is 0.201. The fourth-order valence-electron chi connectivity index (χ4n) is 2.01. The summed E-state index contributed by atoms with van der Waals surface area (Å²) in [7, 11) is 0. The first-order valence-electron chi connectivity index (χ1n) is 7.54. The zero-order valence-electron chi connectivity index (χ0n) is 13.7. The number of rotatable bonds is 6. The smallest absolute Gasteiger partial charge is 0.308 e. The summed E-state index contributed by atoms with van der Waals surface area (Å²) < 4.78 is 15.3. The number of carboxylic acids is 1. The maximum atomic E-state index is 14.0. The van der Waals surface area contributed by atoms with Crippen molar-refractivity contribution < 1.29 is 19.1 Å². The second-order valence-electron chi connectivity index (χ2n) is 5.76. The molecule has 1 aromatic carbocycles. The summed E-state index contributed by atoms with van der Waals surface area (Å²) in [6, 6.07) is 6.07. The van der Waals surface area contributed by atoms with E-state index >= 15 is 0 Å². The Hall–Kier alpha value is -2.77. The van der Waals surface area contributed by atoms with Crippen molar-refractivity contribution in [2.45, 2.75) is 26.7 Å². The van der Waals surface area contributed by atoms with Crippen LogP contribution in [0.15, 0.2) is 24.3 Å². The van der Waals surface area contributed by atoms with Crippen LogP contribution in [0.4, 0.5) is 4.39 Å². The Kier molecular flexibility index (Phi) is 5.28. The van der Waals surface area contributed by atoms with Gasteiger partial charge in [0.2, 0.25) is 5.82 Å². The highest BCUT2D eigenvalue weighted by atomic mass is 19.1. The third-order valence-electron chi connectivity index (χ3n) is 3.42. The lowest BCUT2D eigenvalue weighted by Crippen LogP contribution is -2.32. The van der Waals surface area contributed by atoms with E-state index in [4.69, 9.17) is 5.11 Å². The van der Waals surface area contributed by atoms with Gasteiger partial charge in [0.05, 0.1) is 5.92 Å². The van der Waals surface area contributed by atoms with Crippen LogP contribution in [0.25, 0.3) is 5.69 Å². The first kappa shape index (κ1) is 17.6. The third kappa shape index (κ3) is 3.76. The average Bonchev–Trinajstić information content (AvgIpc) is 2.98. The molecule has 0 spiro atoms. The maximum absolute atomic E-state index is 14.0. The van der Waals surface area contributed by atoms with E-state index in [1.807, 2.05) is 13.8 Å². The van der Waals surface area contributed by atoms with Gasteiger partial charge in [0.1, 0.15) is 17.3 Å². The van der Waals surface area contributed by atoms with E-state index in [0.29, 0.717) is 5.82 Å². The van der Waals surface area contributed by atoms with Gasteiger partial charge >= 0.3 is 5.97 Å². The number of carboxylic acid groups (broad SMARTS) is 1. The number of aliphatic carboxylic acids is 1. The van der Waals surface area contributed by atoms with Crippen molar-refractivity contribution in [3.63, 3.8) is 0 Å². The fraction of sp³-hybridized carbons (Fsp3) is 0.375. The van der Waals surface area contributed by atoms with Crippen LogP contribution < -0.4 is 5.32 Å². The molecule has 2 rings (SSSR count). The minimum Gasteiger partial charge on any atom is -0.481 e. The lowest BCUT2D eigenvalue weighted by atomic mass is 10.2. The Bertz CT molecular complexity index is 758. The highest BCUT2D eigenvalue weighted by Crippen LogP contribution is 2.19. The Morgan fingerprint density at radius 3 is 2.54 bits per heavy atom. The minimum absolute atomic E-state index is 0.0422. The van der Waals surface area contributed by atoms with Crippen molar-refractivity contribution in [2.24, 2.45) is 5.92 Å². The number of hydrogen-bond donors (Lipinski definition) is 2. The number of carbonyl (C=O) groups is 2. The van der Waals surface area contributed by atoms with Gasteiger partial charge in [-0.15, -0.1) is 5.10 Å². The van der Waals surface area contributed by atoms with Crippen molar-refractivity contribution in [3.8, 4) is 5.69 Å². The van der Waals surface area contributed by atoms with Gasteiger partial charge < -0.3 is 10.4 Å². The van der Waals surface area contributed by atoms with Gasteiger partial charge in [0.25, 0.3) is 5.91 Å². The topological polar surface area (TPSA) is 97.1 Å². The predicted octanol–water partition coefficient (Wildman–Crippen LogP) is 1.98. The van der Waals surface area contributed by atoms with Crippen molar-refractivity contribution in [1.82, 2.24) is 20.1 Å². The Morgan fingerprint density at radius 2 is 1.96 bits per heavy atom. The Morgan fingerprint density at radius 1 is 1.29 bits per heavy atom. The van der Waals surface area contributed by atoms with Gasteiger partial charge in [-0.2, -0.15) is 0 Å². The monoisotopic (exact) mass is 334 g/mol. The molecule has 0 aliphatic heterocycles. The number of nitrogens with one attached hydrogen (secondary N) is 1. The van der Waals surface area contributed by atoms with Crippen LogP contribution >= 0.6 is 0 Å². The number of aromatic nitrogens is 3. The quantitative estimate of drug-likeness (QED) is 0.842. The summed E-state index contributed by atoms with van der Waals surface area (Å²) in [5, 5.41) is 15.4. The van der Waals surface area contributed by atoms with Crippen LogP contribution in [0.3, 0.4) is 0 Å². The second-order valence-corrected chi connectivity index (χ2v) is 5.76. The first-order chi connectivity index (χ1) is 11.3. The number of carbonyl (C=O) groups excluding carboxylic acids is 1. The summed E-state index contributed by atoms with van der Waals surface area (Å²) in [6.45, 7) is 5.15. The van der Waals surface area contributed by atoms with Gasteiger partial charge in [0, 0.05) is 12.5 Å². The van der Waals surface area contributed by atoms with Crippen LogP contribution in [0.2, 0.25) is 0 Å². The zero-order valence-corrected chi connectivity index (χ0v) is 13.7. The van der Waals surface area contributed by atoms with E-state index in [1.165, 1.54) is 17.7 Å². The predicted molar refractivity (Wildman–Crippen MR) is 84.5 cm³/mol. The molecule has 0 saturated heterocycles. The lowest BCUT2D eigenvalue weighted by molar-refractivity contribution is -0.140. The van der Waals surface area contributed by atoms with E-state index in [0.717, 1.165) is 0 Å². The molecule has 2 N–H and O–H groups in total. The van der Waals surface area contributed by atoms with Crippen molar-refractivity contribution in [3.05, 3.63) is 41.7 Å². The molecule has 1 unspecified atom stereocenters. The summed E-state index contributed by atoms with van der Waals surface area (Å²) in [6.07, 6.45) is 0. The van der Waals surface area contributed by atoms with Crippen LogP contribution in [0.1, 0.15) is 43.1 Å². The maximum Gasteiger partial charge on any atom is 0.308 e. The van der Waals surface area contributed by atoms with E-state index in [2.05, 4.69) is 15.4 Å². The molecule has 1 aromatic heterocycles. The van der Waals surface area contributed by atoms with Crippen molar-refractivity contribution in [1.29, 1.82) is 0 Å². The third-order valence-corrected chi connectivity index (χ3v) is 3.42. The molecular formula is C16H19FN4O3. The van der Waals surface area contributed by atoms with Gasteiger partial charge in [-0.05, 0) is 12.1 Å². The number of nitrogens with zero attached hydrogens (tertiary/aromatic N) is 3. The van der Waals surface area contributed by atoms with E-state index in [1.54, 1.807) is 18.2 Å². The number of hydrogen-bond acceptors (Lipinski definition) is 4. The molecule has 0 aliphatic carbocycles. The zero-order chi connectivity index (χ0) is 17.9. The molecule has 7 nitrogen and oxygen atoms in total. The molecule has 1 heterocycles. The highest BCUT2D eigenvalue weighted by Gasteiger charge is 2.21. The van der Waals surface area contributed by atoms with Crippen molar-refractivity contribution in [2.75, 3.05) is 6.54 Å². The van der Waals surface area contributed by atoms with E-state index in [9.17, 15) is 14.0 Å². The van der Waals surface area contributed by atoms with Gasteiger partial charge in [-0.25, -0.2) is 14.1 Å². The highest BCUT2D eigenvalue weighted by molar-refractivity contribution is 5.90. The SMILES string of the molecule is CC(CNC(=O)c1nc(C(C)C)n(-c2ccccc2F)n1)C(=O)O. The molecule has 2 aromatic rings.